The number of nitriles is 4. The summed E-state index contributed by atoms with van der Waals surface area (Å²) in [6.07, 6.45) is 0. The number of para-hydroxylation sites is 1. The van der Waals surface area contributed by atoms with E-state index in [2.05, 4.69) is 4.99 Å². The maximum Gasteiger partial charge on any atom is 0.264 e. The van der Waals surface area contributed by atoms with Crippen LogP contribution < -0.4 is 16.6 Å². The summed E-state index contributed by atoms with van der Waals surface area (Å²) in [5.41, 5.74) is 3.89. The predicted octanol–water partition coefficient (Wildman–Crippen LogP) is 0.131. The predicted molar refractivity (Wildman–Crippen MR) is 73.4 cm³/mol. The molecule has 0 aliphatic heterocycles. The summed E-state index contributed by atoms with van der Waals surface area (Å²) in [5, 5.41) is 36.9. The quantitative estimate of drug-likeness (QED) is 0.343. The van der Waals surface area contributed by atoms with E-state index >= 15 is 0 Å². The largest absolute Gasteiger partial charge is 0.368 e. The first-order valence-electron chi connectivity index (χ1n) is 5.61. The summed E-state index contributed by atoms with van der Waals surface area (Å²) in [7, 11) is 0. The van der Waals surface area contributed by atoms with Crippen molar-refractivity contribution < 1.29 is 0 Å². The third kappa shape index (κ3) is 3.05. The lowest BCUT2D eigenvalue weighted by Crippen LogP contribution is -2.46. The number of hydrazine groups is 1. The Hall–Kier alpha value is -3.59. The van der Waals surface area contributed by atoms with Gasteiger partial charge in [0.2, 0.25) is 5.96 Å². The number of hydrogen-bond acceptors (Lipinski definition) is 6. The molecular formula is C13H10N8. The van der Waals surface area contributed by atoms with Crippen molar-refractivity contribution >= 4 is 11.6 Å². The molecule has 0 aliphatic rings. The van der Waals surface area contributed by atoms with Crippen molar-refractivity contribution in [3.8, 4) is 24.3 Å². The summed E-state index contributed by atoms with van der Waals surface area (Å²) in [6, 6.07) is 14.6. The van der Waals surface area contributed by atoms with Gasteiger partial charge in [0.15, 0.2) is 5.92 Å². The highest BCUT2D eigenvalue weighted by molar-refractivity contribution is 5.94. The van der Waals surface area contributed by atoms with Crippen LogP contribution in [0.4, 0.5) is 5.69 Å². The van der Waals surface area contributed by atoms with Crippen LogP contribution in [0.25, 0.3) is 0 Å². The molecule has 1 aromatic carbocycles. The zero-order chi connectivity index (χ0) is 15.9. The lowest BCUT2D eigenvalue weighted by Gasteiger charge is -2.21. The Morgan fingerprint density at radius 1 is 1.10 bits per heavy atom. The molecule has 0 aliphatic carbocycles. The van der Waals surface area contributed by atoms with Crippen molar-refractivity contribution in [3.05, 3.63) is 30.3 Å². The molecule has 0 amide bonds. The average molecular weight is 278 g/mol. The van der Waals surface area contributed by atoms with E-state index in [0.717, 1.165) is 5.01 Å². The molecule has 0 unspecified atom stereocenters. The first-order chi connectivity index (χ1) is 10.0. The molecule has 0 radical (unpaired) electrons. The lowest BCUT2D eigenvalue weighted by molar-refractivity contribution is 0.602. The molecule has 102 valence electrons. The molecule has 0 atom stereocenters. The SMILES string of the molecule is N#CC(C#N)C(C#N)(C#N)N=C(N)N(N)c1ccccc1. The van der Waals surface area contributed by atoms with Gasteiger partial charge in [0.05, 0.1) is 17.8 Å². The Morgan fingerprint density at radius 3 is 2.05 bits per heavy atom. The number of hydrogen-bond donors (Lipinski definition) is 2. The summed E-state index contributed by atoms with van der Waals surface area (Å²) < 4.78 is 0. The van der Waals surface area contributed by atoms with Gasteiger partial charge in [-0.2, -0.15) is 21.0 Å². The van der Waals surface area contributed by atoms with Crippen LogP contribution in [0.15, 0.2) is 35.3 Å². The summed E-state index contributed by atoms with van der Waals surface area (Å²) in [4.78, 5) is 3.69. The molecule has 0 fully saturated rings. The monoisotopic (exact) mass is 278 g/mol. The maximum atomic E-state index is 9.11. The Morgan fingerprint density at radius 2 is 1.62 bits per heavy atom. The zero-order valence-corrected chi connectivity index (χ0v) is 10.8. The first-order valence-corrected chi connectivity index (χ1v) is 5.61. The van der Waals surface area contributed by atoms with E-state index in [0.29, 0.717) is 5.69 Å². The van der Waals surface area contributed by atoms with E-state index in [1.54, 1.807) is 54.6 Å². The van der Waals surface area contributed by atoms with E-state index < -0.39 is 11.5 Å². The smallest absolute Gasteiger partial charge is 0.264 e. The van der Waals surface area contributed by atoms with Gasteiger partial charge < -0.3 is 5.73 Å². The Balaban J connectivity index is 3.26. The maximum absolute atomic E-state index is 9.11. The number of benzene rings is 1. The molecule has 8 heteroatoms. The number of aliphatic imine (C=N–C) groups is 1. The van der Waals surface area contributed by atoms with Crippen LogP contribution in [-0.2, 0) is 0 Å². The molecule has 0 heterocycles. The van der Waals surface area contributed by atoms with Crippen LogP contribution in [0, 0.1) is 51.2 Å². The van der Waals surface area contributed by atoms with Crippen LogP contribution in [0.1, 0.15) is 0 Å². The minimum absolute atomic E-state index is 0.361. The normalized spacial score (nSPS) is 10.9. The van der Waals surface area contributed by atoms with Crippen molar-refractivity contribution in [1.82, 2.24) is 0 Å². The fraction of sp³-hybridized carbons (Fsp3) is 0.154. The van der Waals surface area contributed by atoms with E-state index in [4.69, 9.17) is 32.6 Å². The summed E-state index contributed by atoms with van der Waals surface area (Å²) >= 11 is 0. The van der Waals surface area contributed by atoms with Gasteiger partial charge >= 0.3 is 0 Å². The minimum atomic E-state index is -2.24. The van der Waals surface area contributed by atoms with E-state index in [-0.39, 0.29) is 5.96 Å². The van der Waals surface area contributed by atoms with Crippen LogP contribution >= 0.6 is 0 Å². The Bertz CT molecular complexity index is 667. The Labute approximate surface area is 121 Å². The van der Waals surface area contributed by atoms with Gasteiger partial charge in [0.1, 0.15) is 12.1 Å². The third-order valence-corrected chi connectivity index (χ3v) is 2.59. The van der Waals surface area contributed by atoms with Crippen LogP contribution in [0.2, 0.25) is 0 Å². The molecule has 0 spiro atoms. The molecule has 4 N–H and O–H groups in total. The van der Waals surface area contributed by atoms with Crippen LogP contribution in [-0.4, -0.2) is 11.5 Å². The second kappa shape index (κ2) is 6.54. The van der Waals surface area contributed by atoms with E-state index in [1.165, 1.54) is 0 Å². The zero-order valence-electron chi connectivity index (χ0n) is 10.8. The fourth-order valence-electron chi connectivity index (χ4n) is 1.44. The number of rotatable bonds is 3. The van der Waals surface area contributed by atoms with Gasteiger partial charge in [-0.05, 0) is 12.1 Å². The van der Waals surface area contributed by atoms with E-state index in [9.17, 15) is 0 Å². The number of guanidine groups is 1. The third-order valence-electron chi connectivity index (χ3n) is 2.59. The highest BCUT2D eigenvalue weighted by Crippen LogP contribution is 2.21. The summed E-state index contributed by atoms with van der Waals surface area (Å²) in [5.74, 6) is 3.78. The van der Waals surface area contributed by atoms with E-state index in [1.807, 2.05) is 0 Å². The van der Waals surface area contributed by atoms with Crippen molar-refractivity contribution in [3.63, 3.8) is 0 Å². The van der Waals surface area contributed by atoms with Gasteiger partial charge in [-0.1, -0.05) is 18.2 Å². The van der Waals surface area contributed by atoms with Gasteiger partial charge in [0, 0.05) is 0 Å². The van der Waals surface area contributed by atoms with Crippen molar-refractivity contribution in [2.45, 2.75) is 5.54 Å². The minimum Gasteiger partial charge on any atom is -0.368 e. The first kappa shape index (κ1) is 15.5. The molecule has 8 nitrogen and oxygen atoms in total. The average Bonchev–Trinajstić information content (AvgIpc) is 2.54. The molecule has 1 aromatic rings. The van der Waals surface area contributed by atoms with Crippen molar-refractivity contribution in [2.75, 3.05) is 5.01 Å². The molecule has 0 saturated carbocycles. The Kier molecular flexibility index (Phi) is 4.82. The topological polar surface area (TPSA) is 163 Å². The molecule has 0 aromatic heterocycles. The molecule has 0 saturated heterocycles. The number of anilines is 1. The highest BCUT2D eigenvalue weighted by atomic mass is 15.5. The highest BCUT2D eigenvalue weighted by Gasteiger charge is 2.41. The van der Waals surface area contributed by atoms with Gasteiger partial charge in [0.25, 0.3) is 5.54 Å². The fourth-order valence-corrected chi connectivity index (χ4v) is 1.44. The molecule has 1 rings (SSSR count). The van der Waals surface area contributed by atoms with Crippen LogP contribution in [0.3, 0.4) is 0 Å². The van der Waals surface area contributed by atoms with Crippen molar-refractivity contribution in [2.24, 2.45) is 22.5 Å². The lowest BCUT2D eigenvalue weighted by atomic mass is 9.89. The van der Waals surface area contributed by atoms with Gasteiger partial charge in [-0.15, -0.1) is 0 Å². The number of nitrogens with zero attached hydrogens (tertiary/aromatic N) is 6. The van der Waals surface area contributed by atoms with Gasteiger partial charge in [-0.3, -0.25) is 0 Å². The van der Waals surface area contributed by atoms with Crippen LogP contribution in [0.5, 0.6) is 0 Å². The van der Waals surface area contributed by atoms with Gasteiger partial charge in [-0.25, -0.2) is 15.8 Å². The summed E-state index contributed by atoms with van der Waals surface area (Å²) in [6.45, 7) is 0. The standard InChI is InChI=1S/C13H10N8/c14-6-10(7-15)13(8-16,9-17)20-12(18)21(19)11-4-2-1-3-5-11/h1-5,10H,19H2,(H2,18,20). The second-order valence-electron chi connectivity index (χ2n) is 3.86. The molecule has 21 heavy (non-hydrogen) atoms. The second-order valence-corrected chi connectivity index (χ2v) is 3.86. The molecular weight excluding hydrogens is 268 g/mol. The number of nitrogens with two attached hydrogens (primary N) is 2. The van der Waals surface area contributed by atoms with Crippen molar-refractivity contribution in [1.29, 1.82) is 21.0 Å². The molecule has 0 bridgehead atoms.